The Hall–Kier alpha value is -1.42. The van der Waals surface area contributed by atoms with Crippen molar-refractivity contribution in [2.75, 3.05) is 6.54 Å². The molecule has 0 aliphatic carbocycles. The molecule has 3 nitrogen and oxygen atoms in total. The van der Waals surface area contributed by atoms with Crippen LogP contribution in [0.2, 0.25) is 5.02 Å². The molecule has 94 valence electrons. The summed E-state index contributed by atoms with van der Waals surface area (Å²) in [6, 6.07) is 13.0. The van der Waals surface area contributed by atoms with Crippen LogP contribution in [0.3, 0.4) is 0 Å². The topological polar surface area (TPSA) is 45.1 Å². The van der Waals surface area contributed by atoms with Crippen molar-refractivity contribution >= 4 is 11.6 Å². The van der Waals surface area contributed by atoms with Crippen molar-refractivity contribution < 1.29 is 5.11 Å². The van der Waals surface area contributed by atoms with Gasteiger partial charge in [-0.2, -0.15) is 0 Å². The molecule has 0 saturated carbocycles. The van der Waals surface area contributed by atoms with Crippen LogP contribution in [0.4, 0.5) is 0 Å². The molecule has 0 aliphatic rings. The van der Waals surface area contributed by atoms with Crippen molar-refractivity contribution in [2.45, 2.75) is 12.6 Å². The van der Waals surface area contributed by atoms with Crippen LogP contribution in [0.1, 0.15) is 17.4 Å². The number of nitrogens with zero attached hydrogens (tertiary/aromatic N) is 1. The fourth-order valence-corrected chi connectivity index (χ4v) is 1.77. The number of aromatic nitrogens is 1. The number of pyridine rings is 1. The van der Waals surface area contributed by atoms with Crippen LogP contribution < -0.4 is 5.32 Å². The van der Waals surface area contributed by atoms with E-state index in [0.717, 1.165) is 11.3 Å². The Bertz CT molecular complexity index is 473. The Balaban J connectivity index is 1.81. The molecule has 0 spiro atoms. The van der Waals surface area contributed by atoms with Gasteiger partial charge in [-0.1, -0.05) is 29.8 Å². The first-order valence-corrected chi connectivity index (χ1v) is 6.17. The minimum absolute atomic E-state index is 0.484. The average Bonchev–Trinajstić information content (AvgIpc) is 2.40. The molecule has 0 amide bonds. The molecule has 2 rings (SSSR count). The van der Waals surface area contributed by atoms with Crippen LogP contribution in [-0.4, -0.2) is 16.6 Å². The maximum Gasteiger partial charge on any atom is 0.0914 e. The van der Waals surface area contributed by atoms with Crippen LogP contribution in [0.15, 0.2) is 48.7 Å². The van der Waals surface area contributed by atoms with Crippen molar-refractivity contribution in [3.8, 4) is 0 Å². The van der Waals surface area contributed by atoms with Gasteiger partial charge in [0, 0.05) is 24.3 Å². The smallest absolute Gasteiger partial charge is 0.0914 e. The van der Waals surface area contributed by atoms with Crippen molar-refractivity contribution in [2.24, 2.45) is 0 Å². The zero-order valence-electron chi connectivity index (χ0n) is 9.88. The SMILES string of the molecule is OC(CNCc1ccccn1)c1ccc(Cl)cc1. The number of benzene rings is 1. The van der Waals surface area contributed by atoms with Gasteiger partial charge in [-0.15, -0.1) is 0 Å². The Morgan fingerprint density at radius 3 is 2.61 bits per heavy atom. The molecular formula is C14H15ClN2O. The number of rotatable bonds is 5. The van der Waals surface area contributed by atoms with E-state index in [4.69, 9.17) is 11.6 Å². The molecule has 0 aliphatic heterocycles. The maximum absolute atomic E-state index is 9.96. The summed E-state index contributed by atoms with van der Waals surface area (Å²) in [6.45, 7) is 1.13. The molecule has 2 aromatic rings. The van der Waals surface area contributed by atoms with E-state index in [2.05, 4.69) is 10.3 Å². The second kappa shape index (κ2) is 6.50. The molecule has 1 heterocycles. The van der Waals surface area contributed by atoms with Crippen molar-refractivity contribution in [1.29, 1.82) is 0 Å². The summed E-state index contributed by atoms with van der Waals surface area (Å²) < 4.78 is 0. The Labute approximate surface area is 111 Å². The van der Waals surface area contributed by atoms with E-state index < -0.39 is 6.10 Å². The standard InChI is InChI=1S/C14H15ClN2O/c15-12-6-4-11(5-7-12)14(18)10-16-9-13-3-1-2-8-17-13/h1-8,14,16,18H,9-10H2. The monoisotopic (exact) mass is 262 g/mol. The highest BCUT2D eigenvalue weighted by atomic mass is 35.5. The maximum atomic E-state index is 9.96. The van der Waals surface area contributed by atoms with Gasteiger partial charge in [-0.25, -0.2) is 0 Å². The molecule has 1 aromatic heterocycles. The zero-order chi connectivity index (χ0) is 12.8. The molecule has 4 heteroatoms. The molecule has 2 N–H and O–H groups in total. The predicted molar refractivity (Wildman–Crippen MR) is 72.4 cm³/mol. The Morgan fingerprint density at radius 2 is 1.94 bits per heavy atom. The lowest BCUT2D eigenvalue weighted by molar-refractivity contribution is 0.174. The highest BCUT2D eigenvalue weighted by Gasteiger charge is 2.06. The third-order valence-electron chi connectivity index (χ3n) is 2.62. The number of aliphatic hydroxyl groups is 1. The van der Waals surface area contributed by atoms with Gasteiger partial charge in [0.1, 0.15) is 0 Å². The Morgan fingerprint density at radius 1 is 1.17 bits per heavy atom. The first-order valence-electron chi connectivity index (χ1n) is 5.80. The van der Waals surface area contributed by atoms with E-state index >= 15 is 0 Å². The summed E-state index contributed by atoms with van der Waals surface area (Å²) in [6.07, 6.45) is 1.22. The number of nitrogens with one attached hydrogen (secondary N) is 1. The van der Waals surface area contributed by atoms with Crippen LogP contribution in [0, 0.1) is 0 Å². The number of halogens is 1. The lowest BCUT2D eigenvalue weighted by atomic mass is 10.1. The predicted octanol–water partition coefficient (Wildman–Crippen LogP) is 2.56. The van der Waals surface area contributed by atoms with Gasteiger partial charge in [0.05, 0.1) is 11.8 Å². The molecule has 0 radical (unpaired) electrons. The number of hydrogen-bond donors (Lipinski definition) is 2. The summed E-state index contributed by atoms with van der Waals surface area (Å²) in [5.41, 5.74) is 1.81. The van der Waals surface area contributed by atoms with E-state index in [1.54, 1.807) is 18.3 Å². The Kier molecular flexibility index (Phi) is 4.70. The second-order valence-corrected chi connectivity index (χ2v) is 4.46. The lowest BCUT2D eigenvalue weighted by Crippen LogP contribution is -2.21. The summed E-state index contributed by atoms with van der Waals surface area (Å²) >= 11 is 5.80. The van der Waals surface area contributed by atoms with E-state index in [9.17, 15) is 5.11 Å². The van der Waals surface area contributed by atoms with Crippen molar-refractivity contribution in [3.05, 3.63) is 64.9 Å². The summed E-state index contributed by atoms with van der Waals surface area (Å²) in [4.78, 5) is 4.20. The van der Waals surface area contributed by atoms with E-state index in [1.165, 1.54) is 0 Å². The van der Waals surface area contributed by atoms with Gasteiger partial charge in [-0.05, 0) is 29.8 Å². The minimum atomic E-state index is -0.536. The molecular weight excluding hydrogens is 248 g/mol. The highest BCUT2D eigenvalue weighted by molar-refractivity contribution is 6.30. The first-order chi connectivity index (χ1) is 8.75. The molecule has 1 atom stereocenters. The van der Waals surface area contributed by atoms with Gasteiger partial charge in [0.2, 0.25) is 0 Å². The summed E-state index contributed by atoms with van der Waals surface area (Å²) in [5, 5.41) is 13.8. The number of hydrogen-bond acceptors (Lipinski definition) is 3. The van der Waals surface area contributed by atoms with Crippen LogP contribution in [0.25, 0.3) is 0 Å². The van der Waals surface area contributed by atoms with Crippen molar-refractivity contribution in [3.63, 3.8) is 0 Å². The fraction of sp³-hybridized carbons (Fsp3) is 0.214. The largest absolute Gasteiger partial charge is 0.387 e. The van der Waals surface area contributed by atoms with E-state index in [-0.39, 0.29) is 0 Å². The van der Waals surface area contributed by atoms with Gasteiger partial charge in [-0.3, -0.25) is 4.98 Å². The second-order valence-electron chi connectivity index (χ2n) is 4.02. The summed E-state index contributed by atoms with van der Waals surface area (Å²) in [7, 11) is 0. The third kappa shape index (κ3) is 3.81. The van der Waals surface area contributed by atoms with Gasteiger partial charge >= 0.3 is 0 Å². The molecule has 1 aromatic carbocycles. The van der Waals surface area contributed by atoms with Crippen LogP contribution in [0.5, 0.6) is 0 Å². The van der Waals surface area contributed by atoms with Crippen LogP contribution in [-0.2, 0) is 6.54 Å². The van der Waals surface area contributed by atoms with Gasteiger partial charge < -0.3 is 10.4 Å². The molecule has 1 unspecified atom stereocenters. The van der Waals surface area contributed by atoms with Crippen molar-refractivity contribution in [1.82, 2.24) is 10.3 Å². The molecule has 0 bridgehead atoms. The van der Waals surface area contributed by atoms with Crippen LogP contribution >= 0.6 is 11.6 Å². The number of aliphatic hydroxyl groups excluding tert-OH is 1. The van der Waals surface area contributed by atoms with Gasteiger partial charge in [0.25, 0.3) is 0 Å². The minimum Gasteiger partial charge on any atom is -0.387 e. The van der Waals surface area contributed by atoms with Gasteiger partial charge in [0.15, 0.2) is 0 Å². The van der Waals surface area contributed by atoms with E-state index in [0.29, 0.717) is 18.1 Å². The highest BCUT2D eigenvalue weighted by Crippen LogP contribution is 2.15. The molecule has 0 saturated heterocycles. The summed E-state index contributed by atoms with van der Waals surface area (Å²) in [5.74, 6) is 0. The zero-order valence-corrected chi connectivity index (χ0v) is 10.6. The fourth-order valence-electron chi connectivity index (χ4n) is 1.64. The quantitative estimate of drug-likeness (QED) is 0.871. The molecule has 18 heavy (non-hydrogen) atoms. The lowest BCUT2D eigenvalue weighted by Gasteiger charge is -2.12. The molecule has 0 fully saturated rings. The van der Waals surface area contributed by atoms with E-state index in [1.807, 2.05) is 30.3 Å². The normalized spacial score (nSPS) is 12.3. The first kappa shape index (κ1) is 13.0. The average molecular weight is 263 g/mol. The third-order valence-corrected chi connectivity index (χ3v) is 2.88.